The largest absolute Gasteiger partial charge is 0.489 e. The molecule has 0 saturated heterocycles. The molecule has 0 aliphatic carbocycles. The third-order valence-corrected chi connectivity index (χ3v) is 5.37. The average molecular weight is 481 g/mol. The van der Waals surface area contributed by atoms with E-state index in [0.717, 1.165) is 5.56 Å². The predicted molar refractivity (Wildman–Crippen MR) is 129 cm³/mol. The lowest BCUT2D eigenvalue weighted by Gasteiger charge is -2.09. The van der Waals surface area contributed by atoms with Gasteiger partial charge in [-0.2, -0.15) is 5.26 Å². The number of nitrogens with one attached hydrogen (secondary N) is 1. The number of anilines is 1. The Morgan fingerprint density at radius 2 is 1.94 bits per heavy atom. The first-order chi connectivity index (χ1) is 15.9. The third kappa shape index (κ3) is 6.94. The molecule has 0 bridgehead atoms. The molecule has 33 heavy (non-hydrogen) atoms. The number of thiophene rings is 1. The molecule has 0 fully saturated rings. The fraction of sp³-hybridized carbons (Fsp3) is 0.160. The number of esters is 1. The van der Waals surface area contributed by atoms with Crippen LogP contribution < -0.4 is 10.1 Å². The number of halogens is 1. The number of hydrogen-bond donors (Lipinski definition) is 1. The maximum absolute atomic E-state index is 12.6. The Balaban J connectivity index is 1.65. The maximum Gasteiger partial charge on any atom is 0.341 e. The van der Waals surface area contributed by atoms with Crippen molar-refractivity contribution in [1.29, 1.82) is 5.26 Å². The fourth-order valence-corrected chi connectivity index (χ4v) is 3.77. The Labute approximate surface area is 201 Å². The quantitative estimate of drug-likeness (QED) is 0.239. The minimum atomic E-state index is -0.611. The second kappa shape index (κ2) is 11.3. The zero-order valence-corrected chi connectivity index (χ0v) is 19.6. The molecular formula is C25H21ClN2O4S. The van der Waals surface area contributed by atoms with Gasteiger partial charge in [0.05, 0.1) is 11.7 Å². The van der Waals surface area contributed by atoms with Gasteiger partial charge in [-0.1, -0.05) is 35.9 Å². The molecule has 0 aliphatic rings. The summed E-state index contributed by atoms with van der Waals surface area (Å²) in [5.41, 5.74) is 1.75. The van der Waals surface area contributed by atoms with Gasteiger partial charge in [-0.25, -0.2) is 4.79 Å². The van der Waals surface area contributed by atoms with Crippen LogP contribution in [-0.4, -0.2) is 18.0 Å². The summed E-state index contributed by atoms with van der Waals surface area (Å²) in [6.45, 7) is 3.85. The topological polar surface area (TPSA) is 88.4 Å². The molecule has 1 heterocycles. The number of carbonyl (C=O) groups is 2. The number of ether oxygens (including phenoxy) is 2. The van der Waals surface area contributed by atoms with E-state index in [1.54, 1.807) is 55.6 Å². The molecule has 168 valence electrons. The summed E-state index contributed by atoms with van der Waals surface area (Å²) < 4.78 is 10.9. The number of nitrogens with zero attached hydrogens (tertiary/aromatic N) is 1. The summed E-state index contributed by atoms with van der Waals surface area (Å²) in [6.07, 6.45) is 1.18. The first-order valence-corrected chi connectivity index (χ1v) is 11.3. The van der Waals surface area contributed by atoms with Gasteiger partial charge in [-0.3, -0.25) is 4.79 Å². The number of nitriles is 1. The van der Waals surface area contributed by atoms with Crippen LogP contribution in [0.5, 0.6) is 5.75 Å². The van der Waals surface area contributed by atoms with Crippen molar-refractivity contribution in [3.05, 3.63) is 87.3 Å². The Bertz CT molecular complexity index is 1210. The zero-order chi connectivity index (χ0) is 23.8. The number of amides is 1. The van der Waals surface area contributed by atoms with Crippen molar-refractivity contribution in [2.75, 3.05) is 5.32 Å². The van der Waals surface area contributed by atoms with Gasteiger partial charge in [0.1, 0.15) is 29.0 Å². The van der Waals surface area contributed by atoms with Crippen molar-refractivity contribution in [3.63, 3.8) is 0 Å². The molecule has 0 atom stereocenters. The highest BCUT2D eigenvalue weighted by Gasteiger charge is 2.19. The molecule has 0 aliphatic heterocycles. The van der Waals surface area contributed by atoms with Crippen molar-refractivity contribution in [1.82, 2.24) is 0 Å². The highest BCUT2D eigenvalue weighted by molar-refractivity contribution is 7.14. The summed E-state index contributed by atoms with van der Waals surface area (Å²) in [5, 5.41) is 14.7. The molecule has 6 nitrogen and oxygen atoms in total. The van der Waals surface area contributed by atoms with Crippen LogP contribution in [0.25, 0.3) is 6.08 Å². The normalized spacial score (nSPS) is 11.1. The van der Waals surface area contributed by atoms with E-state index in [0.29, 0.717) is 27.9 Å². The molecule has 8 heteroatoms. The van der Waals surface area contributed by atoms with Crippen LogP contribution in [0.1, 0.15) is 35.3 Å². The minimum absolute atomic E-state index is 0.0980. The van der Waals surface area contributed by atoms with E-state index in [4.69, 9.17) is 21.1 Å². The Kier molecular flexibility index (Phi) is 8.25. The van der Waals surface area contributed by atoms with Gasteiger partial charge in [0.15, 0.2) is 0 Å². The van der Waals surface area contributed by atoms with Crippen LogP contribution in [0.15, 0.2) is 65.6 Å². The van der Waals surface area contributed by atoms with Gasteiger partial charge < -0.3 is 14.8 Å². The number of carbonyl (C=O) groups excluding carboxylic acids is 2. The van der Waals surface area contributed by atoms with Crippen molar-refractivity contribution < 1.29 is 19.1 Å². The lowest BCUT2D eigenvalue weighted by Crippen LogP contribution is -2.17. The average Bonchev–Trinajstić information content (AvgIpc) is 3.24. The van der Waals surface area contributed by atoms with E-state index in [1.165, 1.54) is 17.4 Å². The number of rotatable bonds is 8. The van der Waals surface area contributed by atoms with Crippen molar-refractivity contribution in [2.45, 2.75) is 26.6 Å². The molecule has 3 aromatic rings. The van der Waals surface area contributed by atoms with Gasteiger partial charge in [0, 0.05) is 5.02 Å². The SMILES string of the molecule is CC(C)OC(=O)c1ccsc1NC(=O)/C(C#N)=C/c1ccc(OCc2cccc(Cl)c2)cc1. The second-order valence-corrected chi connectivity index (χ2v) is 8.58. The van der Waals surface area contributed by atoms with Gasteiger partial charge in [0.2, 0.25) is 0 Å². The van der Waals surface area contributed by atoms with Gasteiger partial charge in [-0.15, -0.1) is 11.3 Å². The summed E-state index contributed by atoms with van der Waals surface area (Å²) in [5.74, 6) is -0.501. The minimum Gasteiger partial charge on any atom is -0.489 e. The second-order valence-electron chi connectivity index (χ2n) is 7.23. The third-order valence-electron chi connectivity index (χ3n) is 4.31. The molecule has 1 N–H and O–H groups in total. The molecule has 0 spiro atoms. The van der Waals surface area contributed by atoms with Crippen LogP contribution >= 0.6 is 22.9 Å². The Hall–Kier alpha value is -3.60. The lowest BCUT2D eigenvalue weighted by atomic mass is 10.1. The molecule has 1 amide bonds. The summed E-state index contributed by atoms with van der Waals surface area (Å²) in [6, 6.07) is 17.9. The van der Waals surface area contributed by atoms with E-state index in [2.05, 4.69) is 5.32 Å². The van der Waals surface area contributed by atoms with Gasteiger partial charge in [-0.05, 0) is 66.8 Å². The van der Waals surface area contributed by atoms with Crippen LogP contribution in [0.4, 0.5) is 5.00 Å². The van der Waals surface area contributed by atoms with E-state index in [9.17, 15) is 14.9 Å². The smallest absolute Gasteiger partial charge is 0.341 e. The standard InChI is InChI=1S/C25H21ClN2O4S/c1-16(2)32-25(30)22-10-11-33-24(22)28-23(29)19(14-27)12-17-6-8-21(9-7-17)31-15-18-4-3-5-20(26)13-18/h3-13,16H,15H2,1-2H3,(H,28,29)/b19-12+. The zero-order valence-electron chi connectivity index (χ0n) is 18.0. The van der Waals surface area contributed by atoms with Crippen molar-refractivity contribution >= 4 is 45.9 Å². The predicted octanol–water partition coefficient (Wildman–Crippen LogP) is 6.09. The highest BCUT2D eigenvalue weighted by atomic mass is 35.5. The molecule has 2 aromatic carbocycles. The number of benzene rings is 2. The Morgan fingerprint density at radius 1 is 1.18 bits per heavy atom. The molecule has 0 radical (unpaired) electrons. The molecule has 0 saturated carbocycles. The van der Waals surface area contributed by atoms with Gasteiger partial charge >= 0.3 is 5.97 Å². The van der Waals surface area contributed by atoms with Crippen LogP contribution in [0.3, 0.4) is 0 Å². The fourth-order valence-electron chi connectivity index (χ4n) is 2.78. The van der Waals surface area contributed by atoms with E-state index >= 15 is 0 Å². The van der Waals surface area contributed by atoms with Crippen LogP contribution in [0.2, 0.25) is 5.02 Å². The molecule has 1 aromatic heterocycles. The van der Waals surface area contributed by atoms with Crippen LogP contribution in [-0.2, 0) is 16.1 Å². The highest BCUT2D eigenvalue weighted by Crippen LogP contribution is 2.25. The monoisotopic (exact) mass is 480 g/mol. The van der Waals surface area contributed by atoms with E-state index < -0.39 is 11.9 Å². The first-order valence-electron chi connectivity index (χ1n) is 10.0. The lowest BCUT2D eigenvalue weighted by molar-refractivity contribution is -0.112. The summed E-state index contributed by atoms with van der Waals surface area (Å²) >= 11 is 7.16. The van der Waals surface area contributed by atoms with E-state index in [1.807, 2.05) is 24.3 Å². The van der Waals surface area contributed by atoms with Crippen molar-refractivity contribution in [2.24, 2.45) is 0 Å². The van der Waals surface area contributed by atoms with Crippen molar-refractivity contribution in [3.8, 4) is 11.8 Å². The van der Waals surface area contributed by atoms with Gasteiger partial charge in [0.25, 0.3) is 5.91 Å². The first kappa shape index (κ1) is 24.1. The summed E-state index contributed by atoms with van der Waals surface area (Å²) in [4.78, 5) is 24.8. The Morgan fingerprint density at radius 3 is 2.61 bits per heavy atom. The summed E-state index contributed by atoms with van der Waals surface area (Å²) in [7, 11) is 0. The molecular weight excluding hydrogens is 460 g/mol. The van der Waals surface area contributed by atoms with Crippen LogP contribution in [0, 0.1) is 11.3 Å². The number of hydrogen-bond acceptors (Lipinski definition) is 6. The molecule has 0 unspecified atom stereocenters. The van der Waals surface area contributed by atoms with E-state index in [-0.39, 0.29) is 17.2 Å². The maximum atomic E-state index is 12.6. The molecule has 3 rings (SSSR count).